The van der Waals surface area contributed by atoms with Crippen molar-refractivity contribution in [1.82, 2.24) is 15.2 Å². The van der Waals surface area contributed by atoms with Crippen LogP contribution in [0.5, 0.6) is 0 Å². The Morgan fingerprint density at radius 1 is 1.17 bits per heavy atom. The van der Waals surface area contributed by atoms with Crippen LogP contribution in [0.1, 0.15) is 42.4 Å². The largest absolute Gasteiger partial charge is 0.351 e. The molecule has 4 rings (SSSR count). The highest BCUT2D eigenvalue weighted by atomic mass is 32.1. The summed E-state index contributed by atoms with van der Waals surface area (Å²) in [4.78, 5) is 45.9. The van der Waals surface area contributed by atoms with Gasteiger partial charge in [-0.25, -0.2) is 4.98 Å². The number of nitrogens with one attached hydrogen (secondary N) is 2. The topological polar surface area (TPSA) is 91.4 Å². The second-order valence-corrected chi connectivity index (χ2v) is 10.4. The zero-order valence-electron chi connectivity index (χ0n) is 17.2. The molecule has 2 aromatic rings. The maximum absolute atomic E-state index is 12.8. The van der Waals surface area contributed by atoms with Gasteiger partial charge in [0.25, 0.3) is 0 Å². The Balaban J connectivity index is 1.39. The lowest BCUT2D eigenvalue weighted by Crippen LogP contribution is -2.44. The highest BCUT2D eigenvalue weighted by Crippen LogP contribution is 2.35. The molecule has 2 fully saturated rings. The van der Waals surface area contributed by atoms with Crippen molar-refractivity contribution >= 4 is 45.5 Å². The number of thiophene rings is 1. The van der Waals surface area contributed by atoms with E-state index in [-0.39, 0.29) is 29.6 Å². The normalized spacial score (nSPS) is 18.9. The number of piperidine rings is 1. The Hall–Kier alpha value is -2.26. The van der Waals surface area contributed by atoms with E-state index in [0.29, 0.717) is 18.2 Å². The Kier molecular flexibility index (Phi) is 6.19. The molecular formula is C21H26N4O3S2. The van der Waals surface area contributed by atoms with Crippen LogP contribution in [0.2, 0.25) is 0 Å². The summed E-state index contributed by atoms with van der Waals surface area (Å²) in [5, 5.41) is 6.36. The van der Waals surface area contributed by atoms with Gasteiger partial charge in [0.2, 0.25) is 17.7 Å². The zero-order valence-corrected chi connectivity index (χ0v) is 18.8. The molecule has 1 unspecified atom stereocenters. The molecule has 3 amide bonds. The molecule has 2 aromatic heterocycles. The van der Waals surface area contributed by atoms with Gasteiger partial charge in [0.15, 0.2) is 5.13 Å². The molecule has 2 aliphatic rings. The van der Waals surface area contributed by atoms with Gasteiger partial charge >= 0.3 is 0 Å². The number of rotatable bonds is 6. The molecule has 0 spiro atoms. The fraction of sp³-hybridized carbons (Fsp3) is 0.524. The van der Waals surface area contributed by atoms with Crippen molar-refractivity contribution in [2.24, 2.45) is 11.8 Å². The van der Waals surface area contributed by atoms with Crippen molar-refractivity contribution in [3.05, 3.63) is 21.9 Å². The van der Waals surface area contributed by atoms with E-state index in [1.807, 2.05) is 24.0 Å². The number of hydrogen-bond acceptors (Lipinski definition) is 6. The summed E-state index contributed by atoms with van der Waals surface area (Å²) in [6.45, 7) is 5.27. The molecule has 1 saturated heterocycles. The SMILES string of the molecule is CC(=O)NCc1ccc(-c2nc(NC(=O)C3CCCN(C(=O)C4CC4)C3)sc2C)s1. The number of anilines is 1. The van der Waals surface area contributed by atoms with Crippen LogP contribution in [0.3, 0.4) is 0 Å². The minimum absolute atomic E-state index is 0.0545. The van der Waals surface area contributed by atoms with Crippen molar-refractivity contribution < 1.29 is 14.4 Å². The van der Waals surface area contributed by atoms with Gasteiger partial charge < -0.3 is 15.5 Å². The van der Waals surface area contributed by atoms with Crippen molar-refractivity contribution in [2.75, 3.05) is 18.4 Å². The lowest BCUT2D eigenvalue weighted by Gasteiger charge is -2.32. The standard InChI is InChI=1S/C21H26N4O3S2/c1-12-18(17-8-7-16(30-17)10-22-13(2)26)23-21(29-12)24-19(27)15-4-3-9-25(11-15)20(28)14-5-6-14/h7-8,14-15H,3-6,9-11H2,1-2H3,(H,22,26)(H,23,24,27). The number of aromatic nitrogens is 1. The average Bonchev–Trinajstić information content (AvgIpc) is 3.36. The number of likely N-dealkylation sites (tertiary alicyclic amines) is 1. The van der Waals surface area contributed by atoms with Crippen molar-refractivity contribution in [3.8, 4) is 10.6 Å². The van der Waals surface area contributed by atoms with E-state index in [1.165, 1.54) is 18.3 Å². The third kappa shape index (κ3) is 4.89. The molecule has 0 bridgehead atoms. The fourth-order valence-corrected chi connectivity index (χ4v) is 5.57. The number of aryl methyl sites for hydroxylation is 1. The summed E-state index contributed by atoms with van der Waals surface area (Å²) in [5.41, 5.74) is 0.864. The third-order valence-electron chi connectivity index (χ3n) is 5.46. The summed E-state index contributed by atoms with van der Waals surface area (Å²) in [5.74, 6) is 0.117. The van der Waals surface area contributed by atoms with Gasteiger partial charge in [-0.15, -0.1) is 22.7 Å². The van der Waals surface area contributed by atoms with E-state index < -0.39 is 0 Å². The molecule has 1 atom stereocenters. The van der Waals surface area contributed by atoms with Gasteiger partial charge in [-0.3, -0.25) is 14.4 Å². The van der Waals surface area contributed by atoms with Crippen LogP contribution in [-0.2, 0) is 20.9 Å². The minimum atomic E-state index is -0.180. The molecule has 7 nitrogen and oxygen atoms in total. The number of hydrogen-bond donors (Lipinski definition) is 2. The van der Waals surface area contributed by atoms with Gasteiger partial charge in [0.1, 0.15) is 0 Å². The highest BCUT2D eigenvalue weighted by Gasteiger charge is 2.36. The van der Waals surface area contributed by atoms with Crippen LogP contribution >= 0.6 is 22.7 Å². The summed E-state index contributed by atoms with van der Waals surface area (Å²) in [6.07, 6.45) is 3.64. The average molecular weight is 447 g/mol. The van der Waals surface area contributed by atoms with E-state index in [1.54, 1.807) is 11.3 Å². The smallest absolute Gasteiger partial charge is 0.231 e. The van der Waals surface area contributed by atoms with Crippen LogP contribution in [0.15, 0.2) is 12.1 Å². The number of amides is 3. The second-order valence-electron chi connectivity index (χ2n) is 7.99. The van der Waals surface area contributed by atoms with Crippen LogP contribution in [-0.4, -0.2) is 40.7 Å². The number of carbonyl (C=O) groups excluding carboxylic acids is 3. The van der Waals surface area contributed by atoms with Gasteiger partial charge in [-0.05, 0) is 44.7 Å². The summed E-state index contributed by atoms with van der Waals surface area (Å²) in [6, 6.07) is 3.98. The Bertz CT molecular complexity index is 963. The van der Waals surface area contributed by atoms with Gasteiger partial charge in [-0.2, -0.15) is 0 Å². The predicted octanol–water partition coefficient (Wildman–Crippen LogP) is 3.40. The maximum Gasteiger partial charge on any atom is 0.231 e. The summed E-state index contributed by atoms with van der Waals surface area (Å²) < 4.78 is 0. The van der Waals surface area contributed by atoms with Crippen LogP contribution in [0.25, 0.3) is 10.6 Å². The molecule has 0 aromatic carbocycles. The van der Waals surface area contributed by atoms with Gasteiger partial charge in [0, 0.05) is 35.7 Å². The molecule has 0 radical (unpaired) electrons. The van der Waals surface area contributed by atoms with E-state index in [9.17, 15) is 14.4 Å². The lowest BCUT2D eigenvalue weighted by molar-refractivity contribution is -0.135. The van der Waals surface area contributed by atoms with E-state index in [4.69, 9.17) is 0 Å². The predicted molar refractivity (Wildman–Crippen MR) is 118 cm³/mol. The molecule has 1 aliphatic carbocycles. The molecule has 30 heavy (non-hydrogen) atoms. The van der Waals surface area contributed by atoms with Gasteiger partial charge in [0.05, 0.1) is 23.0 Å². The van der Waals surface area contributed by atoms with Crippen molar-refractivity contribution in [2.45, 2.75) is 46.1 Å². The Morgan fingerprint density at radius 3 is 2.70 bits per heavy atom. The first-order chi connectivity index (χ1) is 14.4. The van der Waals surface area contributed by atoms with Crippen molar-refractivity contribution in [1.29, 1.82) is 0 Å². The quantitative estimate of drug-likeness (QED) is 0.711. The number of nitrogens with zero attached hydrogens (tertiary/aromatic N) is 2. The molecule has 9 heteroatoms. The minimum Gasteiger partial charge on any atom is -0.351 e. The third-order valence-corrected chi connectivity index (χ3v) is 7.44. The van der Waals surface area contributed by atoms with Crippen LogP contribution in [0, 0.1) is 18.8 Å². The zero-order chi connectivity index (χ0) is 21.3. The van der Waals surface area contributed by atoms with E-state index in [2.05, 4.69) is 15.6 Å². The first kappa shape index (κ1) is 21.0. The molecule has 1 aliphatic heterocycles. The summed E-state index contributed by atoms with van der Waals surface area (Å²) >= 11 is 3.05. The van der Waals surface area contributed by atoms with Crippen LogP contribution < -0.4 is 10.6 Å². The number of thiazole rings is 1. The first-order valence-corrected chi connectivity index (χ1v) is 11.9. The van der Waals surface area contributed by atoms with E-state index >= 15 is 0 Å². The molecular weight excluding hydrogens is 420 g/mol. The molecule has 3 heterocycles. The summed E-state index contributed by atoms with van der Waals surface area (Å²) in [7, 11) is 0. The lowest BCUT2D eigenvalue weighted by atomic mass is 9.97. The Morgan fingerprint density at radius 2 is 1.97 bits per heavy atom. The fourth-order valence-electron chi connectivity index (χ4n) is 3.68. The molecule has 160 valence electrons. The maximum atomic E-state index is 12.8. The van der Waals surface area contributed by atoms with Gasteiger partial charge in [-0.1, -0.05) is 0 Å². The monoisotopic (exact) mass is 446 g/mol. The van der Waals surface area contributed by atoms with Crippen LogP contribution in [0.4, 0.5) is 5.13 Å². The number of carbonyl (C=O) groups is 3. The van der Waals surface area contributed by atoms with Crippen molar-refractivity contribution in [3.63, 3.8) is 0 Å². The molecule has 2 N–H and O–H groups in total. The Labute approximate surface area is 183 Å². The molecule has 1 saturated carbocycles. The van der Waals surface area contributed by atoms with E-state index in [0.717, 1.165) is 52.6 Å². The first-order valence-electron chi connectivity index (χ1n) is 10.3. The second kappa shape index (κ2) is 8.85. The highest BCUT2D eigenvalue weighted by molar-refractivity contribution is 7.18.